The third-order valence-corrected chi connectivity index (χ3v) is 14.2. The zero-order valence-corrected chi connectivity index (χ0v) is 27.8. The van der Waals surface area contributed by atoms with Gasteiger partial charge in [0.25, 0.3) is 8.32 Å². The predicted molar refractivity (Wildman–Crippen MR) is 169 cm³/mol. The molecular weight excluding hydrogens is 618 g/mol. The summed E-state index contributed by atoms with van der Waals surface area (Å²) in [6, 6.07) is 20.1. The van der Waals surface area contributed by atoms with Gasteiger partial charge in [-0.05, 0) is 37.8 Å². The zero-order valence-electron chi connectivity index (χ0n) is 25.2. The lowest BCUT2D eigenvalue weighted by molar-refractivity contribution is -0.212. The van der Waals surface area contributed by atoms with Crippen LogP contribution in [0.1, 0.15) is 51.5 Å². The Hall–Kier alpha value is -2.31. The van der Waals surface area contributed by atoms with Gasteiger partial charge in [-0.1, -0.05) is 81.4 Å². The molecule has 0 saturated heterocycles. The largest absolute Gasteiger partial charge is 0.491 e. The van der Waals surface area contributed by atoms with Gasteiger partial charge in [0.15, 0.2) is 5.75 Å². The summed E-state index contributed by atoms with van der Waals surface area (Å²) in [7, 11) is 1.62. The molecule has 1 aromatic heterocycles. The molecule has 0 aliphatic carbocycles. The van der Waals surface area contributed by atoms with Crippen LogP contribution in [0.15, 0.2) is 76.1 Å². The highest BCUT2D eigenvalue weighted by molar-refractivity contribution is 9.10. The molecule has 2 aromatic carbocycles. The number of benzene rings is 2. The first-order valence-corrected chi connectivity index (χ1v) is 16.8. The minimum Gasteiger partial charge on any atom is -0.491 e. The highest BCUT2D eigenvalue weighted by Gasteiger charge is 2.57. The Kier molecular flexibility index (Phi) is 10.2. The summed E-state index contributed by atoms with van der Waals surface area (Å²) in [5.41, 5.74) is -1.20. The first-order chi connectivity index (χ1) is 20.0. The van der Waals surface area contributed by atoms with Crippen molar-refractivity contribution < 1.29 is 28.8 Å². The van der Waals surface area contributed by atoms with E-state index in [9.17, 15) is 15.0 Å². The van der Waals surface area contributed by atoms with Gasteiger partial charge in [0.1, 0.15) is 17.8 Å². The Balaban J connectivity index is 1.84. The smallest absolute Gasteiger partial charge is 0.261 e. The van der Waals surface area contributed by atoms with Crippen LogP contribution in [-0.4, -0.2) is 69.3 Å². The third-order valence-electron chi connectivity index (χ3n) is 8.57. The Morgan fingerprint density at radius 1 is 1.00 bits per heavy atom. The first kappa shape index (κ1) is 32.6. The average Bonchev–Trinajstić information content (AvgIpc) is 2.98. The molecule has 1 aliphatic heterocycles. The molecule has 1 aliphatic rings. The topological polar surface area (TPSA) is 99.4 Å². The fourth-order valence-electron chi connectivity index (χ4n) is 6.66. The van der Waals surface area contributed by atoms with E-state index in [0.29, 0.717) is 5.69 Å². The summed E-state index contributed by atoms with van der Waals surface area (Å²) in [5, 5.41) is 24.0. The van der Waals surface area contributed by atoms with Crippen LogP contribution in [0.25, 0.3) is 0 Å². The van der Waals surface area contributed by atoms with Crippen molar-refractivity contribution in [1.29, 1.82) is 0 Å². The number of aliphatic hydroxyl groups excluding tert-OH is 2. The van der Waals surface area contributed by atoms with E-state index in [-0.39, 0.29) is 46.7 Å². The molecule has 4 unspecified atom stereocenters. The molecule has 4 atom stereocenters. The van der Waals surface area contributed by atoms with Gasteiger partial charge in [0.05, 0.1) is 23.3 Å². The van der Waals surface area contributed by atoms with Crippen molar-refractivity contribution in [3.05, 3.63) is 87.3 Å². The van der Waals surface area contributed by atoms with Crippen LogP contribution in [0.2, 0.25) is 5.04 Å². The van der Waals surface area contributed by atoms with Crippen LogP contribution >= 0.6 is 15.9 Å². The van der Waals surface area contributed by atoms with E-state index < -0.39 is 32.2 Å². The Morgan fingerprint density at radius 2 is 1.57 bits per heavy atom. The molecule has 3 aromatic rings. The summed E-state index contributed by atoms with van der Waals surface area (Å²) < 4.78 is 27.0. The lowest BCUT2D eigenvalue weighted by atomic mass is 9.76. The van der Waals surface area contributed by atoms with E-state index in [0.717, 1.165) is 10.4 Å². The molecule has 10 heteroatoms. The van der Waals surface area contributed by atoms with Crippen molar-refractivity contribution in [3.63, 3.8) is 0 Å². The first-order valence-electron chi connectivity index (χ1n) is 14.1. The van der Waals surface area contributed by atoms with Crippen LogP contribution in [0, 0.1) is 0 Å². The number of hydrogen-bond donors (Lipinski definition) is 2. The van der Waals surface area contributed by atoms with E-state index in [2.05, 4.69) is 61.0 Å². The van der Waals surface area contributed by atoms with E-state index >= 15 is 0 Å². The maximum atomic E-state index is 13.1. The molecule has 0 bridgehead atoms. The molecule has 2 N–H and O–H groups in total. The number of rotatable bonds is 11. The molecule has 0 amide bonds. The molecular formula is C32H42BrNO7Si. The maximum Gasteiger partial charge on any atom is 0.261 e. The second kappa shape index (κ2) is 13.1. The van der Waals surface area contributed by atoms with Gasteiger partial charge >= 0.3 is 0 Å². The van der Waals surface area contributed by atoms with Crippen LogP contribution < -0.4 is 20.5 Å². The Bertz CT molecular complexity index is 1360. The fraction of sp³-hybridized carbons (Fsp3) is 0.469. The summed E-state index contributed by atoms with van der Waals surface area (Å²) >= 11 is 3.33. The minimum atomic E-state index is -2.88. The summed E-state index contributed by atoms with van der Waals surface area (Å²) in [5.74, 6) is 0.0976. The number of aliphatic hydroxyl groups is 2. The van der Waals surface area contributed by atoms with Gasteiger partial charge in [0, 0.05) is 40.1 Å². The average molecular weight is 661 g/mol. The number of aromatic nitrogens is 1. The highest BCUT2D eigenvalue weighted by Crippen LogP contribution is 2.49. The number of nitrogens with zero attached hydrogens (tertiary/aromatic N) is 1. The van der Waals surface area contributed by atoms with Crippen LogP contribution in [0.4, 0.5) is 0 Å². The fourth-order valence-corrected chi connectivity index (χ4v) is 11.6. The van der Waals surface area contributed by atoms with Crippen molar-refractivity contribution in [2.24, 2.45) is 0 Å². The SMILES string of the molecule is COc1c2n(cc(Br)c1=O)C(CCO)C(O)C(CCO[Si](c1ccccc1)(c1ccccc1)C(C)(C)C)(OC)C2OC. The number of pyridine rings is 1. The van der Waals surface area contributed by atoms with E-state index in [1.54, 1.807) is 10.8 Å². The molecule has 8 nitrogen and oxygen atoms in total. The van der Waals surface area contributed by atoms with Gasteiger partial charge in [-0.15, -0.1) is 0 Å². The molecule has 42 heavy (non-hydrogen) atoms. The molecule has 0 spiro atoms. The zero-order chi connectivity index (χ0) is 30.7. The Morgan fingerprint density at radius 3 is 2.02 bits per heavy atom. The van der Waals surface area contributed by atoms with Gasteiger partial charge in [0.2, 0.25) is 5.43 Å². The molecule has 2 heterocycles. The van der Waals surface area contributed by atoms with Gasteiger partial charge < -0.3 is 33.4 Å². The number of halogens is 1. The molecule has 0 radical (unpaired) electrons. The minimum absolute atomic E-state index is 0.0976. The lowest BCUT2D eigenvalue weighted by Gasteiger charge is -2.51. The van der Waals surface area contributed by atoms with Crippen molar-refractivity contribution in [2.45, 2.75) is 62.5 Å². The van der Waals surface area contributed by atoms with Crippen molar-refractivity contribution in [3.8, 4) is 5.75 Å². The predicted octanol–water partition coefficient (Wildman–Crippen LogP) is 3.96. The second-order valence-corrected chi connectivity index (χ2v) is 16.9. The highest BCUT2D eigenvalue weighted by atomic mass is 79.9. The van der Waals surface area contributed by atoms with Gasteiger partial charge in [-0.25, -0.2) is 0 Å². The lowest BCUT2D eigenvalue weighted by Crippen LogP contribution is -2.67. The number of hydrogen-bond acceptors (Lipinski definition) is 7. The second-order valence-electron chi connectivity index (χ2n) is 11.7. The number of ether oxygens (including phenoxy) is 3. The normalized spacial score (nSPS) is 22.5. The molecule has 0 fully saturated rings. The van der Waals surface area contributed by atoms with Gasteiger partial charge in [-0.3, -0.25) is 4.79 Å². The van der Waals surface area contributed by atoms with Crippen LogP contribution in [0.3, 0.4) is 0 Å². The molecule has 4 rings (SSSR count). The number of fused-ring (bicyclic) bond motifs is 1. The van der Waals surface area contributed by atoms with Crippen molar-refractivity contribution >= 4 is 34.6 Å². The van der Waals surface area contributed by atoms with E-state index in [4.69, 9.17) is 18.6 Å². The standard InChI is InChI=1S/C32H42BrNO7Si/c1-31(2,3)42(22-13-9-7-10-14-22,23-15-11-8-12-16-23)41-20-18-32(40-6)29(37)25(17-19-35)34-21-24(33)27(36)28(38-4)26(34)30(32)39-5/h7-16,21,25,29-30,35,37H,17-20H2,1-6H3. The number of methoxy groups -OCH3 is 3. The van der Waals surface area contributed by atoms with E-state index in [1.807, 2.05) is 36.4 Å². The summed E-state index contributed by atoms with van der Waals surface area (Å²) in [6.45, 7) is 6.69. The Labute approximate surface area is 257 Å². The van der Waals surface area contributed by atoms with Crippen molar-refractivity contribution in [2.75, 3.05) is 34.5 Å². The summed E-state index contributed by atoms with van der Waals surface area (Å²) in [6.07, 6.45) is 0.126. The quantitative estimate of drug-likeness (QED) is 0.301. The van der Waals surface area contributed by atoms with Gasteiger partial charge in [-0.2, -0.15) is 0 Å². The van der Waals surface area contributed by atoms with Crippen LogP contribution in [0.5, 0.6) is 5.75 Å². The monoisotopic (exact) mass is 659 g/mol. The van der Waals surface area contributed by atoms with Crippen molar-refractivity contribution in [1.82, 2.24) is 4.57 Å². The summed E-state index contributed by atoms with van der Waals surface area (Å²) in [4.78, 5) is 13.1. The molecule has 0 saturated carbocycles. The van der Waals surface area contributed by atoms with E-state index in [1.165, 1.54) is 21.3 Å². The molecule has 228 valence electrons. The third kappa shape index (κ3) is 5.43. The van der Waals surface area contributed by atoms with Crippen LogP contribution in [-0.2, 0) is 13.9 Å². The maximum absolute atomic E-state index is 13.1.